The number of aromatic amines is 1. The zero-order valence-corrected chi connectivity index (χ0v) is 31.4. The highest BCUT2D eigenvalue weighted by Gasteiger charge is 2.24. The molecule has 3 N–H and O–H groups in total. The van der Waals surface area contributed by atoms with Gasteiger partial charge in [0.1, 0.15) is 18.2 Å². The summed E-state index contributed by atoms with van der Waals surface area (Å²) in [4.78, 5) is 33.5. The number of methoxy groups -OCH3 is 1. The van der Waals surface area contributed by atoms with Crippen LogP contribution in [0.1, 0.15) is 48.9 Å². The SMILES string of the molecule is CCOc1cc(CN2CCOCC2)cc2[nH]c(=O)c3c(c12)NCCC3.CCOc1cc(CN2CCOCC2)cc2c1c1c(c(=O)n2COC)CCCN1. The summed E-state index contributed by atoms with van der Waals surface area (Å²) in [7, 11) is 1.62. The molecule has 8 rings (SSSR count). The van der Waals surface area contributed by atoms with E-state index in [-0.39, 0.29) is 17.8 Å². The molecule has 0 bridgehead atoms. The molecule has 0 radical (unpaired) electrons. The van der Waals surface area contributed by atoms with Gasteiger partial charge in [-0.2, -0.15) is 0 Å². The zero-order valence-electron chi connectivity index (χ0n) is 31.4. The van der Waals surface area contributed by atoms with Crippen LogP contribution < -0.4 is 31.2 Å². The number of aromatic nitrogens is 2. The summed E-state index contributed by atoms with van der Waals surface area (Å²) in [5, 5.41) is 8.86. The van der Waals surface area contributed by atoms with E-state index in [0.717, 1.165) is 171 Å². The highest BCUT2D eigenvalue weighted by Crippen LogP contribution is 2.38. The number of rotatable bonds is 10. The molecule has 0 unspecified atom stereocenters. The summed E-state index contributed by atoms with van der Waals surface area (Å²) >= 11 is 0. The van der Waals surface area contributed by atoms with Crippen LogP contribution in [0.4, 0.5) is 11.4 Å². The van der Waals surface area contributed by atoms with Crippen LogP contribution >= 0.6 is 0 Å². The van der Waals surface area contributed by atoms with Gasteiger partial charge >= 0.3 is 0 Å². The molecule has 13 heteroatoms. The van der Waals surface area contributed by atoms with E-state index < -0.39 is 0 Å². The second kappa shape index (κ2) is 17.3. The molecular formula is C40H54N6O7. The van der Waals surface area contributed by atoms with Crippen LogP contribution in [0.15, 0.2) is 33.9 Å². The molecule has 2 aromatic heterocycles. The Balaban J connectivity index is 0.000000165. The predicted molar refractivity (Wildman–Crippen MR) is 208 cm³/mol. The lowest BCUT2D eigenvalue weighted by Crippen LogP contribution is -2.35. The van der Waals surface area contributed by atoms with Crippen LogP contribution in [0, 0.1) is 0 Å². The molecule has 4 aromatic rings. The van der Waals surface area contributed by atoms with Crippen LogP contribution in [0.25, 0.3) is 21.8 Å². The second-order valence-corrected chi connectivity index (χ2v) is 14.0. The number of ether oxygens (including phenoxy) is 5. The third-order valence-electron chi connectivity index (χ3n) is 10.4. The summed E-state index contributed by atoms with van der Waals surface area (Å²) < 4.78 is 30.0. The monoisotopic (exact) mass is 730 g/mol. The van der Waals surface area contributed by atoms with Gasteiger partial charge in [-0.05, 0) is 74.9 Å². The Morgan fingerprint density at radius 1 is 0.717 bits per heavy atom. The van der Waals surface area contributed by atoms with Gasteiger partial charge in [0, 0.05) is 70.6 Å². The van der Waals surface area contributed by atoms with E-state index in [1.54, 1.807) is 11.7 Å². The van der Waals surface area contributed by atoms with Gasteiger partial charge in [0.05, 0.1) is 72.8 Å². The molecular weight excluding hydrogens is 676 g/mol. The lowest BCUT2D eigenvalue weighted by molar-refractivity contribution is 0.0341. The minimum absolute atomic E-state index is 0.0145. The van der Waals surface area contributed by atoms with Gasteiger partial charge in [-0.15, -0.1) is 0 Å². The topological polar surface area (TPSA) is 132 Å². The lowest BCUT2D eigenvalue weighted by atomic mass is 9.99. The van der Waals surface area contributed by atoms with Crippen molar-refractivity contribution in [3.63, 3.8) is 0 Å². The van der Waals surface area contributed by atoms with Gasteiger partial charge in [0.2, 0.25) is 0 Å². The van der Waals surface area contributed by atoms with Gasteiger partial charge in [-0.1, -0.05) is 0 Å². The normalized spacial score (nSPS) is 17.6. The van der Waals surface area contributed by atoms with Crippen molar-refractivity contribution >= 4 is 33.2 Å². The molecule has 286 valence electrons. The van der Waals surface area contributed by atoms with Gasteiger partial charge in [0.15, 0.2) is 0 Å². The molecule has 0 atom stereocenters. The minimum atomic E-state index is 0.0145. The van der Waals surface area contributed by atoms with Gasteiger partial charge < -0.3 is 39.3 Å². The molecule has 0 aliphatic carbocycles. The highest BCUT2D eigenvalue weighted by molar-refractivity contribution is 5.99. The van der Waals surface area contributed by atoms with E-state index in [4.69, 9.17) is 23.7 Å². The maximum atomic E-state index is 13.2. The lowest BCUT2D eigenvalue weighted by Gasteiger charge is -2.28. The van der Waals surface area contributed by atoms with E-state index in [9.17, 15) is 9.59 Å². The van der Waals surface area contributed by atoms with Crippen molar-refractivity contribution in [2.24, 2.45) is 0 Å². The zero-order chi connectivity index (χ0) is 36.7. The van der Waals surface area contributed by atoms with Crippen molar-refractivity contribution in [3.8, 4) is 11.5 Å². The second-order valence-electron chi connectivity index (χ2n) is 14.0. The van der Waals surface area contributed by atoms with Gasteiger partial charge in [0.25, 0.3) is 11.1 Å². The number of H-pyrrole nitrogens is 1. The molecule has 0 spiro atoms. The molecule has 4 aliphatic rings. The Morgan fingerprint density at radius 3 is 1.85 bits per heavy atom. The number of benzene rings is 2. The summed E-state index contributed by atoms with van der Waals surface area (Å²) in [5.41, 5.74) is 7.62. The third-order valence-corrected chi connectivity index (χ3v) is 10.4. The van der Waals surface area contributed by atoms with Crippen LogP contribution in [0.5, 0.6) is 11.5 Å². The summed E-state index contributed by atoms with van der Waals surface area (Å²) in [6.45, 7) is 15.6. The first kappa shape index (κ1) is 37.2. The highest BCUT2D eigenvalue weighted by atomic mass is 16.5. The predicted octanol–water partition coefficient (Wildman–Crippen LogP) is 4.31. The molecule has 6 heterocycles. The van der Waals surface area contributed by atoms with E-state index in [2.05, 4.69) is 49.7 Å². The number of hydrogen-bond acceptors (Lipinski definition) is 11. The van der Waals surface area contributed by atoms with Crippen LogP contribution in [-0.2, 0) is 46.9 Å². The molecule has 13 nitrogen and oxygen atoms in total. The standard InChI is InChI=1S/C21H29N3O4.C19H25N3O3/c1-3-28-18-12-15(13-23-7-9-27-10-8-23)11-17-19(18)20-16(5-4-6-22-20)21(25)24(17)14-26-2;1-2-25-16-11-13(12-22-6-8-24-9-7-22)10-15-17(16)18-14(19(23)21-15)4-3-5-20-18/h11-12,22H,3-10,13-14H2,1-2H3;10-11,20H,2-9,12H2,1H3,(H,21,23). The van der Waals surface area contributed by atoms with Crippen LogP contribution in [0.3, 0.4) is 0 Å². The largest absolute Gasteiger partial charge is 0.493 e. The van der Waals surface area contributed by atoms with E-state index in [1.807, 2.05) is 13.8 Å². The first-order valence-electron chi connectivity index (χ1n) is 19.3. The number of nitrogens with zero attached hydrogens (tertiary/aromatic N) is 3. The number of pyridine rings is 2. The van der Waals surface area contributed by atoms with Crippen molar-refractivity contribution in [1.29, 1.82) is 0 Å². The summed E-state index contributed by atoms with van der Waals surface area (Å²) in [5.74, 6) is 1.68. The van der Waals surface area contributed by atoms with Crippen LogP contribution in [0.2, 0.25) is 0 Å². The van der Waals surface area contributed by atoms with Crippen molar-refractivity contribution in [1.82, 2.24) is 19.4 Å². The fourth-order valence-corrected chi connectivity index (χ4v) is 7.97. The van der Waals surface area contributed by atoms with Crippen molar-refractivity contribution < 1.29 is 23.7 Å². The first-order chi connectivity index (χ1) is 26.0. The van der Waals surface area contributed by atoms with E-state index >= 15 is 0 Å². The Labute approximate surface area is 310 Å². The minimum Gasteiger partial charge on any atom is -0.493 e. The van der Waals surface area contributed by atoms with E-state index in [1.165, 1.54) is 0 Å². The maximum Gasteiger partial charge on any atom is 0.258 e. The molecule has 2 fully saturated rings. The Kier molecular flexibility index (Phi) is 12.2. The number of hydrogen-bond donors (Lipinski definition) is 3. The third kappa shape index (κ3) is 8.19. The van der Waals surface area contributed by atoms with Crippen molar-refractivity contribution in [3.05, 3.63) is 67.2 Å². The van der Waals surface area contributed by atoms with E-state index in [0.29, 0.717) is 13.2 Å². The average Bonchev–Trinajstić information content (AvgIpc) is 3.18. The molecule has 0 saturated carbocycles. The Morgan fingerprint density at radius 2 is 1.26 bits per heavy atom. The molecule has 2 aromatic carbocycles. The van der Waals surface area contributed by atoms with Crippen molar-refractivity contribution in [2.45, 2.75) is 59.4 Å². The molecule has 0 amide bonds. The van der Waals surface area contributed by atoms with Crippen LogP contribution in [-0.4, -0.2) is 105 Å². The van der Waals surface area contributed by atoms with Gasteiger partial charge in [-0.3, -0.25) is 24.0 Å². The number of morpholine rings is 2. The molecule has 4 aliphatic heterocycles. The molecule has 2 saturated heterocycles. The quantitative estimate of drug-likeness (QED) is 0.216. The smallest absolute Gasteiger partial charge is 0.258 e. The Hall–Kier alpha value is -4.14. The first-order valence-corrected chi connectivity index (χ1v) is 19.3. The maximum absolute atomic E-state index is 13.2. The number of anilines is 2. The average molecular weight is 731 g/mol. The summed E-state index contributed by atoms with van der Waals surface area (Å²) in [6, 6.07) is 8.45. The fraction of sp³-hybridized carbons (Fsp3) is 0.550. The summed E-state index contributed by atoms with van der Waals surface area (Å²) in [6.07, 6.45) is 3.54. The van der Waals surface area contributed by atoms with Gasteiger partial charge in [-0.25, -0.2) is 0 Å². The number of nitrogens with one attached hydrogen (secondary N) is 3. The molecule has 53 heavy (non-hydrogen) atoms. The Bertz CT molecular complexity index is 2020. The van der Waals surface area contributed by atoms with Crippen molar-refractivity contribution in [2.75, 3.05) is 96.7 Å². The number of fused-ring (bicyclic) bond motifs is 6. The fourth-order valence-electron chi connectivity index (χ4n) is 7.97.